The summed E-state index contributed by atoms with van der Waals surface area (Å²) in [7, 11) is 0. The molecule has 12 nitrogen and oxygen atoms in total. The van der Waals surface area contributed by atoms with E-state index in [1.54, 1.807) is 20.8 Å². The molecule has 0 aliphatic carbocycles. The van der Waals surface area contributed by atoms with Gasteiger partial charge in [0.05, 0.1) is 29.7 Å². The predicted molar refractivity (Wildman–Crippen MR) is 155 cm³/mol. The van der Waals surface area contributed by atoms with Gasteiger partial charge in [-0.1, -0.05) is 17.4 Å². The minimum atomic E-state index is -1.13. The molecule has 1 aromatic carbocycles. The average molecular weight is 617 g/mol. The number of benzene rings is 1. The third-order valence-corrected chi connectivity index (χ3v) is 7.64. The summed E-state index contributed by atoms with van der Waals surface area (Å²) in [5.74, 6) is -2.13. The number of anilines is 3. The summed E-state index contributed by atoms with van der Waals surface area (Å²) < 4.78 is 40.3. The van der Waals surface area contributed by atoms with Crippen LogP contribution in [0.3, 0.4) is 0 Å². The van der Waals surface area contributed by atoms with E-state index in [9.17, 15) is 28.3 Å². The molecule has 0 spiro atoms. The van der Waals surface area contributed by atoms with E-state index in [2.05, 4.69) is 25.9 Å². The Morgan fingerprint density at radius 2 is 1.93 bits per heavy atom. The molecule has 0 bridgehead atoms. The first kappa shape index (κ1) is 29.9. The van der Waals surface area contributed by atoms with Crippen LogP contribution in [0.5, 0.6) is 5.88 Å². The highest BCUT2D eigenvalue weighted by Crippen LogP contribution is 2.41. The van der Waals surface area contributed by atoms with Gasteiger partial charge in [0.2, 0.25) is 5.88 Å². The topological polar surface area (TPSA) is 155 Å². The zero-order valence-corrected chi connectivity index (χ0v) is 24.4. The number of pyridine rings is 1. The molecule has 0 radical (unpaired) electrons. The predicted octanol–water partition coefficient (Wildman–Crippen LogP) is 5.25. The summed E-state index contributed by atoms with van der Waals surface area (Å²) in [6.45, 7) is 6.33. The number of aromatic nitrogens is 2. The number of carbonyl (C=O) groups is 3. The highest BCUT2D eigenvalue weighted by molar-refractivity contribution is 7.19. The van der Waals surface area contributed by atoms with Crippen LogP contribution in [0.1, 0.15) is 49.7 Å². The van der Waals surface area contributed by atoms with Crippen LogP contribution in [-0.2, 0) is 11.2 Å². The SMILES string of the molecule is CC(C)(C)OC(=O)Nc1sc(-c2c(F)cccc2F)nc1C(=O)Nc1cnc2c(c1N1CCC[C@H](NC(=O)O)C1)CCO2. The van der Waals surface area contributed by atoms with E-state index in [0.29, 0.717) is 56.2 Å². The largest absolute Gasteiger partial charge is 0.477 e. The van der Waals surface area contributed by atoms with Crippen molar-refractivity contribution >= 4 is 45.8 Å². The van der Waals surface area contributed by atoms with E-state index in [-0.39, 0.29) is 21.7 Å². The van der Waals surface area contributed by atoms with Crippen molar-refractivity contribution in [3.63, 3.8) is 0 Å². The number of carbonyl (C=O) groups excluding carboxylic acids is 2. The normalized spacial score (nSPS) is 16.2. The molecule has 4 heterocycles. The number of piperidine rings is 1. The second-order valence-electron chi connectivity index (χ2n) is 11.0. The number of hydrogen-bond donors (Lipinski definition) is 4. The fourth-order valence-electron chi connectivity index (χ4n) is 5.00. The van der Waals surface area contributed by atoms with Gasteiger partial charge in [0.15, 0.2) is 5.69 Å². The van der Waals surface area contributed by atoms with Gasteiger partial charge in [-0.3, -0.25) is 10.1 Å². The van der Waals surface area contributed by atoms with Crippen LogP contribution in [0.25, 0.3) is 10.6 Å². The molecular weight excluding hydrogens is 586 g/mol. The van der Waals surface area contributed by atoms with Crippen molar-refractivity contribution in [1.29, 1.82) is 0 Å². The third kappa shape index (κ3) is 6.77. The van der Waals surface area contributed by atoms with Gasteiger partial charge < -0.3 is 30.1 Å². The lowest BCUT2D eigenvalue weighted by molar-refractivity contribution is 0.0636. The van der Waals surface area contributed by atoms with E-state index in [1.165, 1.54) is 12.3 Å². The van der Waals surface area contributed by atoms with Crippen molar-refractivity contribution in [2.75, 3.05) is 35.2 Å². The number of halogens is 2. The van der Waals surface area contributed by atoms with Crippen LogP contribution >= 0.6 is 11.3 Å². The molecule has 0 saturated carbocycles. The van der Waals surface area contributed by atoms with Gasteiger partial charge in [0, 0.05) is 31.1 Å². The molecule has 1 fully saturated rings. The van der Waals surface area contributed by atoms with Crippen LogP contribution in [-0.4, -0.2) is 64.5 Å². The lowest BCUT2D eigenvalue weighted by Gasteiger charge is -2.36. The molecule has 2 aliphatic heterocycles. The van der Waals surface area contributed by atoms with Gasteiger partial charge in [0.1, 0.15) is 27.2 Å². The van der Waals surface area contributed by atoms with E-state index in [1.807, 2.05) is 4.90 Å². The maximum absolute atomic E-state index is 14.7. The number of rotatable bonds is 6. The number of amides is 3. The summed E-state index contributed by atoms with van der Waals surface area (Å²) in [5.41, 5.74) is 0.103. The first-order valence-corrected chi connectivity index (χ1v) is 14.4. The fraction of sp³-hybridized carbons (Fsp3) is 0.393. The fourth-order valence-corrected chi connectivity index (χ4v) is 5.99. The third-order valence-electron chi connectivity index (χ3n) is 6.65. The summed E-state index contributed by atoms with van der Waals surface area (Å²) in [4.78, 5) is 48.2. The molecule has 3 aromatic rings. The quantitative estimate of drug-likeness (QED) is 0.291. The van der Waals surface area contributed by atoms with Crippen molar-refractivity contribution in [1.82, 2.24) is 15.3 Å². The molecule has 2 aliphatic rings. The van der Waals surface area contributed by atoms with Gasteiger partial charge in [-0.15, -0.1) is 0 Å². The first-order valence-electron chi connectivity index (χ1n) is 13.5. The number of nitrogens with one attached hydrogen (secondary N) is 3. The van der Waals surface area contributed by atoms with Gasteiger partial charge in [0.25, 0.3) is 5.91 Å². The van der Waals surface area contributed by atoms with Crippen molar-refractivity contribution in [3.05, 3.63) is 47.3 Å². The average Bonchev–Trinajstić information content (AvgIpc) is 3.54. The van der Waals surface area contributed by atoms with Crippen molar-refractivity contribution < 1.29 is 37.7 Å². The summed E-state index contributed by atoms with van der Waals surface area (Å²) in [5, 5.41) is 16.8. The maximum Gasteiger partial charge on any atom is 0.412 e. The highest BCUT2D eigenvalue weighted by Gasteiger charge is 2.31. The Labute approximate surface area is 249 Å². The molecule has 2 aromatic heterocycles. The highest BCUT2D eigenvalue weighted by atomic mass is 32.1. The van der Waals surface area contributed by atoms with Crippen LogP contribution in [0, 0.1) is 11.6 Å². The Morgan fingerprint density at radius 3 is 2.63 bits per heavy atom. The molecule has 43 heavy (non-hydrogen) atoms. The Balaban J connectivity index is 1.51. The second kappa shape index (κ2) is 12.0. The van der Waals surface area contributed by atoms with Crippen LogP contribution in [0.4, 0.5) is 34.7 Å². The Kier molecular flexibility index (Phi) is 8.35. The monoisotopic (exact) mass is 616 g/mol. The molecule has 3 amide bonds. The van der Waals surface area contributed by atoms with Crippen molar-refractivity contribution in [2.45, 2.75) is 51.7 Å². The Morgan fingerprint density at radius 1 is 1.19 bits per heavy atom. The molecule has 228 valence electrons. The minimum Gasteiger partial charge on any atom is -0.477 e. The minimum absolute atomic E-state index is 0.0768. The van der Waals surface area contributed by atoms with E-state index >= 15 is 0 Å². The van der Waals surface area contributed by atoms with Crippen LogP contribution < -0.4 is 25.6 Å². The standard InChI is InChI=1S/C28H30F2N6O6S/c1-28(2,3)42-27(40)35-25-20(34-24(43-25)19-16(29)7-4-8-17(19)30)22(37)33-18-12-31-23-15(9-11-41-23)21(18)36-10-5-6-14(13-36)32-26(38)39/h4,7-8,12,14,32H,5-6,9-11,13H2,1-3H3,(H,33,37)(H,35,40)(H,38,39)/t14-/m0/s1. The number of fused-ring (bicyclic) bond motifs is 1. The second-order valence-corrected chi connectivity index (χ2v) is 12.0. The zero-order valence-electron chi connectivity index (χ0n) is 23.6. The Hall–Kier alpha value is -4.53. The molecule has 1 saturated heterocycles. The molecular formula is C28H30F2N6O6S. The van der Waals surface area contributed by atoms with Crippen LogP contribution in [0.15, 0.2) is 24.4 Å². The Bertz CT molecular complexity index is 1560. The van der Waals surface area contributed by atoms with Crippen molar-refractivity contribution in [2.24, 2.45) is 0 Å². The van der Waals surface area contributed by atoms with E-state index in [0.717, 1.165) is 29.0 Å². The number of thiazole rings is 1. The zero-order chi connectivity index (χ0) is 30.9. The lowest BCUT2D eigenvalue weighted by Crippen LogP contribution is -2.47. The molecule has 5 rings (SSSR count). The molecule has 1 atom stereocenters. The summed E-state index contributed by atoms with van der Waals surface area (Å²) >= 11 is 0.719. The van der Waals surface area contributed by atoms with Gasteiger partial charge in [-0.2, -0.15) is 0 Å². The van der Waals surface area contributed by atoms with Gasteiger partial charge in [-0.05, 0) is 45.7 Å². The van der Waals surface area contributed by atoms with E-state index < -0.39 is 40.9 Å². The number of hydrogen-bond acceptors (Lipinski definition) is 9. The number of ether oxygens (including phenoxy) is 2. The molecule has 4 N–H and O–H groups in total. The maximum atomic E-state index is 14.7. The lowest BCUT2D eigenvalue weighted by atomic mass is 10.0. The van der Waals surface area contributed by atoms with Crippen molar-refractivity contribution in [3.8, 4) is 16.5 Å². The van der Waals surface area contributed by atoms with Crippen LogP contribution in [0.2, 0.25) is 0 Å². The molecule has 15 heteroatoms. The number of nitrogens with zero attached hydrogens (tertiary/aromatic N) is 3. The van der Waals surface area contributed by atoms with Gasteiger partial charge in [-0.25, -0.2) is 28.3 Å². The van der Waals surface area contributed by atoms with Gasteiger partial charge >= 0.3 is 12.2 Å². The summed E-state index contributed by atoms with van der Waals surface area (Å²) in [6, 6.07) is 3.01. The number of carboxylic acid groups (broad SMARTS) is 1. The summed E-state index contributed by atoms with van der Waals surface area (Å²) in [6.07, 6.45) is 1.29. The smallest absolute Gasteiger partial charge is 0.412 e. The molecule has 0 unspecified atom stereocenters. The van der Waals surface area contributed by atoms with E-state index in [4.69, 9.17) is 9.47 Å². The first-order chi connectivity index (χ1) is 20.4.